The first-order valence-electron chi connectivity index (χ1n) is 8.11. The first-order chi connectivity index (χ1) is 12.3. The lowest BCUT2D eigenvalue weighted by Crippen LogP contribution is -2.52. The molecule has 1 amide bonds. The van der Waals surface area contributed by atoms with Crippen molar-refractivity contribution < 1.29 is 23.0 Å². The van der Waals surface area contributed by atoms with E-state index in [4.69, 9.17) is 9.47 Å². The molecule has 0 aliphatic carbocycles. The fourth-order valence-electron chi connectivity index (χ4n) is 3.02. The Morgan fingerprint density at radius 2 is 1.88 bits per heavy atom. The maximum absolute atomic E-state index is 13.7. The minimum Gasteiger partial charge on any atom is -0.471 e. The third-order valence-electron chi connectivity index (χ3n) is 4.32. The van der Waals surface area contributed by atoms with Gasteiger partial charge in [-0.1, -0.05) is 15.9 Å². The van der Waals surface area contributed by atoms with Gasteiger partial charge in [0.15, 0.2) is 0 Å². The highest BCUT2D eigenvalue weighted by Crippen LogP contribution is 2.43. The number of carbonyl (C=O) groups is 1. The molecular weight excluding hydrogens is 408 g/mol. The van der Waals surface area contributed by atoms with Gasteiger partial charge in [0, 0.05) is 36.4 Å². The zero-order valence-corrected chi connectivity index (χ0v) is 16.0. The largest absolute Gasteiger partial charge is 0.471 e. The van der Waals surface area contributed by atoms with E-state index in [1.807, 2.05) is 0 Å². The van der Waals surface area contributed by atoms with Crippen LogP contribution in [0.3, 0.4) is 0 Å². The van der Waals surface area contributed by atoms with E-state index in [0.29, 0.717) is 31.0 Å². The van der Waals surface area contributed by atoms with Gasteiger partial charge < -0.3 is 14.4 Å². The molecule has 2 aromatic rings. The number of nitrogens with zero attached hydrogens (tertiary/aromatic N) is 1. The number of amides is 1. The van der Waals surface area contributed by atoms with Crippen molar-refractivity contribution in [2.24, 2.45) is 0 Å². The topological polar surface area (TPSA) is 38.8 Å². The predicted octanol–water partition coefficient (Wildman–Crippen LogP) is 4.40. The van der Waals surface area contributed by atoms with Crippen LogP contribution in [0.25, 0.3) is 0 Å². The average molecular weight is 426 g/mol. The van der Waals surface area contributed by atoms with Gasteiger partial charge in [-0.25, -0.2) is 8.78 Å². The molecule has 138 valence electrons. The molecule has 1 atom stereocenters. The minimum absolute atomic E-state index is 0.130. The van der Waals surface area contributed by atoms with Crippen molar-refractivity contribution in [3.63, 3.8) is 0 Å². The summed E-state index contributed by atoms with van der Waals surface area (Å²) in [5.74, 6) is -1.43. The third-order valence-corrected chi connectivity index (χ3v) is 4.82. The van der Waals surface area contributed by atoms with Crippen LogP contribution in [0.2, 0.25) is 0 Å². The first kappa shape index (κ1) is 18.8. The van der Waals surface area contributed by atoms with Gasteiger partial charge in [-0.2, -0.15) is 0 Å². The number of rotatable bonds is 5. The number of methoxy groups -OCH3 is 1. The summed E-state index contributed by atoms with van der Waals surface area (Å²) in [5, 5.41) is 0. The molecule has 1 unspecified atom stereocenters. The molecule has 0 fully saturated rings. The van der Waals surface area contributed by atoms with Crippen LogP contribution in [0.4, 0.5) is 14.5 Å². The minimum atomic E-state index is -1.53. The summed E-state index contributed by atoms with van der Waals surface area (Å²) in [6.45, 7) is 2.41. The molecule has 1 aliphatic heterocycles. The van der Waals surface area contributed by atoms with E-state index in [9.17, 15) is 13.6 Å². The second kappa shape index (κ2) is 7.32. The number of hydrogen-bond donors (Lipinski definition) is 0. The Bertz CT molecular complexity index is 825. The fourth-order valence-corrected chi connectivity index (χ4v) is 3.37. The smallest absolute Gasteiger partial charge is 0.275 e. The number of halogens is 3. The number of ether oxygens (including phenoxy) is 2. The maximum atomic E-state index is 13.7. The van der Waals surface area contributed by atoms with Crippen LogP contribution >= 0.6 is 15.9 Å². The predicted molar refractivity (Wildman–Crippen MR) is 97.3 cm³/mol. The maximum Gasteiger partial charge on any atom is 0.275 e. The molecule has 0 radical (unpaired) electrons. The Kier molecular flexibility index (Phi) is 5.29. The van der Waals surface area contributed by atoms with E-state index in [2.05, 4.69) is 15.9 Å². The molecule has 3 rings (SSSR count). The van der Waals surface area contributed by atoms with Gasteiger partial charge in [-0.15, -0.1) is 0 Å². The van der Waals surface area contributed by atoms with Crippen molar-refractivity contribution in [1.82, 2.24) is 0 Å². The number of benzene rings is 2. The molecule has 0 bridgehead atoms. The van der Waals surface area contributed by atoms with Crippen molar-refractivity contribution in [2.45, 2.75) is 18.9 Å². The summed E-state index contributed by atoms with van der Waals surface area (Å²) in [6.07, 6.45) is 0.613. The van der Waals surface area contributed by atoms with E-state index in [1.165, 1.54) is 6.92 Å². The first-order valence-corrected chi connectivity index (χ1v) is 8.90. The molecule has 0 aromatic heterocycles. The summed E-state index contributed by atoms with van der Waals surface area (Å²) < 4.78 is 39.3. The van der Waals surface area contributed by atoms with Gasteiger partial charge >= 0.3 is 0 Å². The zero-order chi connectivity index (χ0) is 18.9. The lowest BCUT2D eigenvalue weighted by Gasteiger charge is -2.41. The highest BCUT2D eigenvalue weighted by Gasteiger charge is 2.46. The van der Waals surface area contributed by atoms with Gasteiger partial charge in [-0.05, 0) is 43.7 Å². The van der Waals surface area contributed by atoms with Crippen LogP contribution in [0.5, 0.6) is 5.75 Å². The molecule has 4 nitrogen and oxygen atoms in total. The van der Waals surface area contributed by atoms with Crippen molar-refractivity contribution in [2.75, 3.05) is 25.2 Å². The Hall–Kier alpha value is -1.99. The molecular formula is C19H18BrF2NO3. The number of fused-ring (bicyclic) bond motifs is 1. The van der Waals surface area contributed by atoms with Gasteiger partial charge in [0.25, 0.3) is 5.91 Å². The summed E-state index contributed by atoms with van der Waals surface area (Å²) in [7, 11) is 1.59. The SMILES string of the molecule is COCCCN1C(=O)C(C)(c2cc(F)cc(F)c2)Oc2ccc(Br)cc21. The van der Waals surface area contributed by atoms with Gasteiger partial charge in [-0.3, -0.25) is 4.79 Å². The van der Waals surface area contributed by atoms with Crippen molar-refractivity contribution >= 4 is 27.5 Å². The summed E-state index contributed by atoms with van der Waals surface area (Å²) in [5.41, 5.74) is -0.795. The molecule has 0 spiro atoms. The van der Waals surface area contributed by atoms with Crippen LogP contribution in [-0.2, 0) is 15.1 Å². The number of anilines is 1. The second-order valence-corrected chi connectivity index (χ2v) is 7.12. The molecule has 1 aliphatic rings. The zero-order valence-electron chi connectivity index (χ0n) is 14.4. The van der Waals surface area contributed by atoms with Crippen LogP contribution < -0.4 is 9.64 Å². The lowest BCUT2D eigenvalue weighted by molar-refractivity contribution is -0.135. The lowest BCUT2D eigenvalue weighted by atomic mass is 9.91. The Morgan fingerprint density at radius 1 is 1.19 bits per heavy atom. The number of carbonyl (C=O) groups excluding carboxylic acids is 1. The van der Waals surface area contributed by atoms with Crippen LogP contribution in [0.15, 0.2) is 40.9 Å². The second-order valence-electron chi connectivity index (χ2n) is 6.21. The average Bonchev–Trinajstić information content (AvgIpc) is 2.58. The normalized spacial score (nSPS) is 19.3. The van der Waals surface area contributed by atoms with Gasteiger partial charge in [0.05, 0.1) is 5.69 Å². The van der Waals surface area contributed by atoms with E-state index < -0.39 is 17.2 Å². The van der Waals surface area contributed by atoms with Gasteiger partial charge in [0.1, 0.15) is 17.4 Å². The Morgan fingerprint density at radius 3 is 2.54 bits per heavy atom. The molecule has 7 heteroatoms. The highest BCUT2D eigenvalue weighted by atomic mass is 79.9. The van der Waals surface area contributed by atoms with Crippen LogP contribution in [-0.4, -0.2) is 26.2 Å². The summed E-state index contributed by atoms with van der Waals surface area (Å²) in [6, 6.07) is 8.31. The van der Waals surface area contributed by atoms with Crippen molar-refractivity contribution in [1.29, 1.82) is 0 Å². The Labute approximate surface area is 158 Å². The fraction of sp³-hybridized carbons (Fsp3) is 0.316. The number of hydrogen-bond acceptors (Lipinski definition) is 3. The van der Waals surface area contributed by atoms with E-state index in [0.717, 1.165) is 22.7 Å². The highest BCUT2D eigenvalue weighted by molar-refractivity contribution is 9.10. The molecule has 0 saturated carbocycles. The molecule has 2 aromatic carbocycles. The van der Waals surface area contributed by atoms with Crippen molar-refractivity contribution in [3.8, 4) is 5.75 Å². The molecule has 26 heavy (non-hydrogen) atoms. The standard InChI is InChI=1S/C19H18BrF2NO3/c1-19(12-8-14(21)11-15(22)9-12)18(24)23(6-3-7-25-2)16-10-13(20)4-5-17(16)26-19/h4-5,8-11H,3,6-7H2,1-2H3. The molecule has 0 N–H and O–H groups in total. The molecule has 1 heterocycles. The van der Waals surface area contributed by atoms with Crippen molar-refractivity contribution in [3.05, 3.63) is 58.1 Å². The quantitative estimate of drug-likeness (QED) is 0.666. The monoisotopic (exact) mass is 425 g/mol. The Balaban J connectivity index is 2.08. The van der Waals surface area contributed by atoms with Crippen LogP contribution in [0, 0.1) is 11.6 Å². The third kappa shape index (κ3) is 3.46. The summed E-state index contributed by atoms with van der Waals surface area (Å²) >= 11 is 3.39. The van der Waals surface area contributed by atoms with Gasteiger partial charge in [0.2, 0.25) is 5.60 Å². The van der Waals surface area contributed by atoms with E-state index in [-0.39, 0.29) is 11.5 Å². The summed E-state index contributed by atoms with van der Waals surface area (Å²) in [4.78, 5) is 14.8. The van der Waals surface area contributed by atoms with Crippen LogP contribution in [0.1, 0.15) is 18.9 Å². The molecule has 0 saturated heterocycles. The van der Waals surface area contributed by atoms with E-state index in [1.54, 1.807) is 30.2 Å². The van der Waals surface area contributed by atoms with E-state index >= 15 is 0 Å².